The van der Waals surface area contributed by atoms with Crippen molar-refractivity contribution in [1.82, 2.24) is 28.7 Å². The fourth-order valence-electron chi connectivity index (χ4n) is 3.32. The van der Waals surface area contributed by atoms with Crippen LogP contribution in [0.3, 0.4) is 0 Å². The van der Waals surface area contributed by atoms with Crippen LogP contribution >= 0.6 is 11.8 Å². The number of imidazole rings is 1. The van der Waals surface area contributed by atoms with Crippen LogP contribution in [-0.4, -0.2) is 34.6 Å². The van der Waals surface area contributed by atoms with Crippen molar-refractivity contribution in [3.63, 3.8) is 0 Å². The van der Waals surface area contributed by atoms with Gasteiger partial charge in [-0.15, -0.1) is 0 Å². The van der Waals surface area contributed by atoms with Crippen molar-refractivity contribution < 1.29 is 4.79 Å². The lowest BCUT2D eigenvalue weighted by atomic mass is 10.3. The van der Waals surface area contributed by atoms with Gasteiger partial charge in [0.25, 0.3) is 5.56 Å². The summed E-state index contributed by atoms with van der Waals surface area (Å²) in [5, 5.41) is 3.48. The summed E-state index contributed by atoms with van der Waals surface area (Å²) in [6.45, 7) is 3.74. The molecule has 32 heavy (non-hydrogen) atoms. The molecule has 0 fully saturated rings. The Balaban J connectivity index is 1.48. The molecule has 0 aliphatic carbocycles. The Morgan fingerprint density at radius 2 is 1.69 bits per heavy atom. The maximum Gasteiger partial charge on any atom is 0.332 e. The molecule has 3 heterocycles. The number of hydrogen-bond donors (Lipinski definition) is 1. The smallest absolute Gasteiger partial charge is 0.325 e. The number of anilines is 1. The number of amides is 1. The summed E-state index contributed by atoms with van der Waals surface area (Å²) in [5.41, 5.74) is 1.90. The standard InChI is InChI=1S/C21H21N7O3S/c1-12-9-13(2)24-20(23-12)32-15-7-5-14(6-8-15)25-16(29)10-28-11-22-18-17(28)19(30)27(4)21(31)26(18)3/h5-9,11H,10H2,1-4H3,(H,25,29). The fraction of sp³-hybridized carbons (Fsp3) is 0.238. The average Bonchev–Trinajstić information content (AvgIpc) is 3.15. The van der Waals surface area contributed by atoms with Crippen LogP contribution < -0.4 is 16.6 Å². The summed E-state index contributed by atoms with van der Waals surface area (Å²) in [7, 11) is 2.92. The highest BCUT2D eigenvalue weighted by molar-refractivity contribution is 7.99. The number of nitrogens with zero attached hydrogens (tertiary/aromatic N) is 6. The molecule has 0 bridgehead atoms. The highest BCUT2D eigenvalue weighted by Crippen LogP contribution is 2.26. The molecule has 0 saturated carbocycles. The molecule has 0 saturated heterocycles. The van der Waals surface area contributed by atoms with Crippen molar-refractivity contribution >= 4 is 34.5 Å². The SMILES string of the molecule is Cc1cc(C)nc(Sc2ccc(NC(=O)Cn3cnc4c3c(=O)n(C)c(=O)n4C)cc2)n1. The van der Waals surface area contributed by atoms with Crippen molar-refractivity contribution in [2.24, 2.45) is 14.1 Å². The number of fused-ring (bicyclic) bond motifs is 1. The van der Waals surface area contributed by atoms with Gasteiger partial charge >= 0.3 is 5.69 Å². The summed E-state index contributed by atoms with van der Waals surface area (Å²) >= 11 is 1.44. The first kappa shape index (κ1) is 21.5. The molecule has 1 N–H and O–H groups in total. The van der Waals surface area contributed by atoms with E-state index in [-0.39, 0.29) is 23.6 Å². The van der Waals surface area contributed by atoms with Crippen LogP contribution in [0.25, 0.3) is 11.2 Å². The van der Waals surface area contributed by atoms with Gasteiger partial charge in [-0.05, 0) is 55.9 Å². The fourth-order valence-corrected chi connectivity index (χ4v) is 4.19. The first-order valence-corrected chi connectivity index (χ1v) is 10.6. The molecule has 1 amide bonds. The second-order valence-corrected chi connectivity index (χ2v) is 8.40. The van der Waals surface area contributed by atoms with E-state index in [0.29, 0.717) is 10.8 Å². The molecule has 10 nitrogen and oxygen atoms in total. The van der Waals surface area contributed by atoms with E-state index in [1.807, 2.05) is 32.0 Å². The van der Waals surface area contributed by atoms with Gasteiger partial charge in [0.05, 0.1) is 6.33 Å². The van der Waals surface area contributed by atoms with Gasteiger partial charge in [-0.2, -0.15) is 0 Å². The molecule has 3 aromatic heterocycles. The molecule has 4 aromatic rings. The summed E-state index contributed by atoms with van der Waals surface area (Å²) in [6, 6.07) is 9.25. The predicted octanol–water partition coefficient (Wildman–Crippen LogP) is 1.63. The number of aromatic nitrogens is 6. The van der Waals surface area contributed by atoms with Gasteiger partial charge in [0.15, 0.2) is 16.3 Å². The Morgan fingerprint density at radius 1 is 1.03 bits per heavy atom. The Labute approximate surface area is 187 Å². The second kappa shape index (κ2) is 8.42. The molecule has 0 atom stereocenters. The molecule has 0 aliphatic rings. The number of nitrogens with one attached hydrogen (secondary N) is 1. The van der Waals surface area contributed by atoms with E-state index in [9.17, 15) is 14.4 Å². The molecule has 164 valence electrons. The Hall–Kier alpha value is -3.73. The van der Waals surface area contributed by atoms with Crippen LogP contribution in [0, 0.1) is 13.8 Å². The number of benzene rings is 1. The van der Waals surface area contributed by atoms with Crippen molar-refractivity contribution in [3.8, 4) is 0 Å². The first-order valence-electron chi connectivity index (χ1n) is 9.74. The van der Waals surface area contributed by atoms with Gasteiger partial charge in [-0.1, -0.05) is 0 Å². The van der Waals surface area contributed by atoms with E-state index >= 15 is 0 Å². The molecule has 0 radical (unpaired) electrons. The van der Waals surface area contributed by atoms with Crippen LogP contribution in [0.15, 0.2) is 56.3 Å². The van der Waals surface area contributed by atoms with E-state index in [0.717, 1.165) is 20.9 Å². The van der Waals surface area contributed by atoms with E-state index in [1.54, 1.807) is 12.1 Å². The minimum atomic E-state index is -0.497. The Kier molecular flexibility index (Phi) is 5.66. The van der Waals surface area contributed by atoms with Gasteiger partial charge in [0.2, 0.25) is 5.91 Å². The molecule has 11 heteroatoms. The maximum absolute atomic E-state index is 12.6. The summed E-state index contributed by atoms with van der Waals surface area (Å²) in [5.74, 6) is -0.321. The van der Waals surface area contributed by atoms with Crippen molar-refractivity contribution in [1.29, 1.82) is 0 Å². The molecular formula is C21H21N7O3S. The van der Waals surface area contributed by atoms with E-state index in [4.69, 9.17) is 0 Å². The largest absolute Gasteiger partial charge is 0.332 e. The highest BCUT2D eigenvalue weighted by atomic mass is 32.2. The van der Waals surface area contributed by atoms with Gasteiger partial charge in [-0.25, -0.2) is 19.7 Å². The zero-order valence-electron chi connectivity index (χ0n) is 18.0. The number of hydrogen-bond acceptors (Lipinski definition) is 7. The quantitative estimate of drug-likeness (QED) is 0.458. The summed E-state index contributed by atoms with van der Waals surface area (Å²) < 4.78 is 3.71. The van der Waals surface area contributed by atoms with Crippen molar-refractivity contribution in [2.45, 2.75) is 30.4 Å². The van der Waals surface area contributed by atoms with Crippen LogP contribution in [0.1, 0.15) is 11.4 Å². The zero-order chi connectivity index (χ0) is 23.0. The van der Waals surface area contributed by atoms with Gasteiger partial charge in [0, 0.05) is 36.1 Å². The minimum absolute atomic E-state index is 0.114. The van der Waals surface area contributed by atoms with Crippen molar-refractivity contribution in [2.75, 3.05) is 5.32 Å². The van der Waals surface area contributed by atoms with E-state index in [1.165, 1.54) is 41.3 Å². The van der Waals surface area contributed by atoms with Gasteiger partial charge in [-0.3, -0.25) is 18.7 Å². The summed E-state index contributed by atoms with van der Waals surface area (Å²) in [6.07, 6.45) is 1.38. The normalized spacial score (nSPS) is 11.1. The first-order chi connectivity index (χ1) is 15.2. The monoisotopic (exact) mass is 451 g/mol. The lowest BCUT2D eigenvalue weighted by Gasteiger charge is -2.09. The second-order valence-electron chi connectivity index (χ2n) is 7.36. The third-order valence-electron chi connectivity index (χ3n) is 4.84. The molecule has 0 unspecified atom stereocenters. The Bertz CT molecular complexity index is 1430. The van der Waals surface area contributed by atoms with Crippen LogP contribution in [0.2, 0.25) is 0 Å². The average molecular weight is 452 g/mol. The number of carbonyl (C=O) groups is 1. The van der Waals surface area contributed by atoms with Crippen LogP contribution in [-0.2, 0) is 25.4 Å². The van der Waals surface area contributed by atoms with E-state index < -0.39 is 11.2 Å². The van der Waals surface area contributed by atoms with Crippen molar-refractivity contribution in [3.05, 3.63) is 68.9 Å². The summed E-state index contributed by atoms with van der Waals surface area (Å²) in [4.78, 5) is 51.0. The number of rotatable bonds is 5. The maximum atomic E-state index is 12.6. The lowest BCUT2D eigenvalue weighted by Crippen LogP contribution is -2.37. The topological polar surface area (TPSA) is 117 Å². The lowest BCUT2D eigenvalue weighted by molar-refractivity contribution is -0.116. The molecule has 0 spiro atoms. The third-order valence-corrected chi connectivity index (χ3v) is 5.71. The third kappa shape index (κ3) is 4.19. The molecule has 4 rings (SSSR count). The van der Waals surface area contributed by atoms with Crippen LogP contribution in [0.4, 0.5) is 5.69 Å². The van der Waals surface area contributed by atoms with Gasteiger partial charge in [0.1, 0.15) is 6.54 Å². The highest BCUT2D eigenvalue weighted by Gasteiger charge is 2.16. The van der Waals surface area contributed by atoms with Crippen LogP contribution in [0.5, 0.6) is 0 Å². The van der Waals surface area contributed by atoms with Gasteiger partial charge < -0.3 is 9.88 Å². The Morgan fingerprint density at radius 3 is 2.34 bits per heavy atom. The predicted molar refractivity (Wildman–Crippen MR) is 121 cm³/mol. The molecular weight excluding hydrogens is 430 g/mol. The number of aryl methyl sites for hydroxylation is 3. The molecule has 0 aliphatic heterocycles. The zero-order valence-corrected chi connectivity index (χ0v) is 18.8. The van der Waals surface area contributed by atoms with E-state index in [2.05, 4.69) is 20.3 Å². The number of carbonyl (C=O) groups excluding carboxylic acids is 1. The molecule has 1 aromatic carbocycles. The minimum Gasteiger partial charge on any atom is -0.325 e.